The van der Waals surface area contributed by atoms with Crippen molar-refractivity contribution in [1.29, 1.82) is 0 Å². The molecule has 90 valence electrons. The number of aryl methyl sites for hydroxylation is 1. The number of aromatic nitrogens is 1. The average Bonchev–Trinajstić information content (AvgIpc) is 2.62. The highest BCUT2D eigenvalue weighted by Gasteiger charge is 2.34. The van der Waals surface area contributed by atoms with Crippen LogP contribution in [0.1, 0.15) is 43.2 Å². The summed E-state index contributed by atoms with van der Waals surface area (Å²) >= 11 is 1.78. The van der Waals surface area contributed by atoms with Crippen molar-refractivity contribution in [3.63, 3.8) is 0 Å². The van der Waals surface area contributed by atoms with Crippen molar-refractivity contribution >= 4 is 11.3 Å². The van der Waals surface area contributed by atoms with Crippen LogP contribution < -0.4 is 5.32 Å². The van der Waals surface area contributed by atoms with E-state index in [1.807, 2.05) is 5.51 Å². The summed E-state index contributed by atoms with van der Waals surface area (Å²) in [5.41, 5.74) is 3.80. The quantitative estimate of drug-likeness (QED) is 0.770. The molecule has 0 radical (unpaired) electrons. The molecular formula is C13H22N2S. The summed E-state index contributed by atoms with van der Waals surface area (Å²) in [6, 6.07) is 0. The lowest BCUT2D eigenvalue weighted by Crippen LogP contribution is -2.40. The molecule has 0 amide bonds. The Morgan fingerprint density at radius 2 is 2.31 bits per heavy atom. The molecule has 2 nitrogen and oxygen atoms in total. The standard InChI is InChI=1S/C13H22N2S/c1-3-13(6-4-7-13)9-14-8-5-12-11(2)15-10-16-12/h10,14H,3-9H2,1-2H3. The van der Waals surface area contributed by atoms with Crippen LogP contribution in [0.15, 0.2) is 5.51 Å². The van der Waals surface area contributed by atoms with Crippen LogP contribution in [-0.4, -0.2) is 18.1 Å². The molecule has 1 aliphatic rings. The molecule has 1 aliphatic carbocycles. The third kappa shape index (κ3) is 2.64. The highest BCUT2D eigenvalue weighted by molar-refractivity contribution is 7.09. The second-order valence-electron chi connectivity index (χ2n) is 4.99. The lowest BCUT2D eigenvalue weighted by Gasteiger charge is -2.41. The first kappa shape index (κ1) is 12.1. The maximum Gasteiger partial charge on any atom is 0.0797 e. The van der Waals surface area contributed by atoms with E-state index in [9.17, 15) is 0 Å². The SMILES string of the molecule is CCC1(CNCCc2scnc2C)CCC1. The number of hydrogen-bond donors (Lipinski definition) is 1. The molecule has 0 saturated heterocycles. The molecule has 0 atom stereocenters. The molecule has 3 heteroatoms. The second-order valence-corrected chi connectivity index (χ2v) is 5.93. The van der Waals surface area contributed by atoms with Gasteiger partial charge >= 0.3 is 0 Å². The topological polar surface area (TPSA) is 24.9 Å². The summed E-state index contributed by atoms with van der Waals surface area (Å²) in [6.45, 7) is 6.74. The first-order chi connectivity index (χ1) is 7.76. The monoisotopic (exact) mass is 238 g/mol. The number of nitrogens with zero attached hydrogens (tertiary/aromatic N) is 1. The predicted molar refractivity (Wildman–Crippen MR) is 70.0 cm³/mol. The highest BCUT2D eigenvalue weighted by atomic mass is 32.1. The van der Waals surface area contributed by atoms with Crippen LogP contribution in [-0.2, 0) is 6.42 Å². The fraction of sp³-hybridized carbons (Fsp3) is 0.769. The molecule has 1 saturated carbocycles. The highest BCUT2D eigenvalue weighted by Crippen LogP contribution is 2.42. The molecule has 1 aromatic rings. The zero-order chi connectivity index (χ0) is 11.4. The zero-order valence-corrected chi connectivity index (χ0v) is 11.2. The Morgan fingerprint density at radius 3 is 2.81 bits per heavy atom. The minimum absolute atomic E-state index is 0.642. The molecule has 2 rings (SSSR count). The summed E-state index contributed by atoms with van der Waals surface area (Å²) in [6.07, 6.45) is 6.76. The van der Waals surface area contributed by atoms with E-state index in [0.29, 0.717) is 5.41 Å². The third-order valence-corrected chi connectivity index (χ3v) is 5.03. The van der Waals surface area contributed by atoms with Crippen molar-refractivity contribution in [2.24, 2.45) is 5.41 Å². The Morgan fingerprint density at radius 1 is 1.50 bits per heavy atom. The van der Waals surface area contributed by atoms with Crippen LogP contribution in [0.25, 0.3) is 0 Å². The van der Waals surface area contributed by atoms with Crippen molar-refractivity contribution in [2.75, 3.05) is 13.1 Å². The van der Waals surface area contributed by atoms with Crippen LogP contribution in [0.3, 0.4) is 0 Å². The van der Waals surface area contributed by atoms with E-state index in [2.05, 4.69) is 24.1 Å². The Balaban J connectivity index is 1.67. The maximum absolute atomic E-state index is 4.28. The van der Waals surface area contributed by atoms with Crippen molar-refractivity contribution in [3.8, 4) is 0 Å². The van der Waals surface area contributed by atoms with Crippen molar-refractivity contribution < 1.29 is 0 Å². The Hall–Kier alpha value is -0.410. The first-order valence-electron chi connectivity index (χ1n) is 6.35. The van der Waals surface area contributed by atoms with E-state index in [-0.39, 0.29) is 0 Å². The van der Waals surface area contributed by atoms with E-state index in [0.717, 1.165) is 13.0 Å². The number of nitrogens with one attached hydrogen (secondary N) is 1. The molecule has 0 bridgehead atoms. The van der Waals surface area contributed by atoms with Gasteiger partial charge in [-0.15, -0.1) is 11.3 Å². The molecule has 1 N–H and O–H groups in total. The van der Waals surface area contributed by atoms with E-state index in [1.165, 1.54) is 42.8 Å². The van der Waals surface area contributed by atoms with E-state index >= 15 is 0 Å². The summed E-state index contributed by atoms with van der Waals surface area (Å²) in [7, 11) is 0. The summed E-state index contributed by atoms with van der Waals surface area (Å²) in [4.78, 5) is 5.72. The first-order valence-corrected chi connectivity index (χ1v) is 7.23. The maximum atomic E-state index is 4.28. The molecule has 0 unspecified atom stereocenters. The van der Waals surface area contributed by atoms with Gasteiger partial charge < -0.3 is 5.32 Å². The van der Waals surface area contributed by atoms with Gasteiger partial charge in [-0.3, -0.25) is 0 Å². The van der Waals surface area contributed by atoms with Crippen LogP contribution in [0.4, 0.5) is 0 Å². The van der Waals surface area contributed by atoms with Gasteiger partial charge in [-0.05, 0) is 38.0 Å². The lowest BCUT2D eigenvalue weighted by atomic mass is 9.67. The average molecular weight is 238 g/mol. The normalized spacial score (nSPS) is 18.4. The van der Waals surface area contributed by atoms with Gasteiger partial charge in [0.1, 0.15) is 0 Å². The Kier molecular flexibility index (Phi) is 3.98. The van der Waals surface area contributed by atoms with E-state index < -0.39 is 0 Å². The predicted octanol–water partition coefficient (Wildman–Crippen LogP) is 3.16. The minimum Gasteiger partial charge on any atom is -0.316 e. The fourth-order valence-corrected chi connectivity index (χ4v) is 3.23. The van der Waals surface area contributed by atoms with Gasteiger partial charge in [0.05, 0.1) is 11.2 Å². The minimum atomic E-state index is 0.642. The van der Waals surface area contributed by atoms with Gasteiger partial charge in [-0.25, -0.2) is 4.98 Å². The van der Waals surface area contributed by atoms with Gasteiger partial charge in [-0.1, -0.05) is 13.3 Å². The molecule has 1 fully saturated rings. The largest absolute Gasteiger partial charge is 0.316 e. The van der Waals surface area contributed by atoms with Crippen molar-refractivity contribution in [3.05, 3.63) is 16.1 Å². The Bertz CT molecular complexity index is 323. The fourth-order valence-electron chi connectivity index (χ4n) is 2.45. The van der Waals surface area contributed by atoms with Crippen LogP contribution in [0.5, 0.6) is 0 Å². The number of hydrogen-bond acceptors (Lipinski definition) is 3. The summed E-state index contributed by atoms with van der Waals surface area (Å²) in [5, 5.41) is 3.62. The Labute approximate surface area is 102 Å². The molecule has 1 aromatic heterocycles. The van der Waals surface area contributed by atoms with Gasteiger partial charge in [0.2, 0.25) is 0 Å². The second kappa shape index (κ2) is 5.28. The molecular weight excluding hydrogens is 216 g/mol. The van der Waals surface area contributed by atoms with Crippen LogP contribution in [0, 0.1) is 12.3 Å². The molecule has 0 aliphatic heterocycles. The van der Waals surface area contributed by atoms with E-state index in [1.54, 1.807) is 11.3 Å². The van der Waals surface area contributed by atoms with Gasteiger partial charge in [0.25, 0.3) is 0 Å². The molecule has 0 spiro atoms. The van der Waals surface area contributed by atoms with Gasteiger partial charge in [0.15, 0.2) is 0 Å². The summed E-state index contributed by atoms with van der Waals surface area (Å²) < 4.78 is 0. The third-order valence-electron chi connectivity index (χ3n) is 4.04. The lowest BCUT2D eigenvalue weighted by molar-refractivity contribution is 0.125. The van der Waals surface area contributed by atoms with Gasteiger partial charge in [0, 0.05) is 18.0 Å². The van der Waals surface area contributed by atoms with E-state index in [4.69, 9.17) is 0 Å². The van der Waals surface area contributed by atoms with Crippen LogP contribution >= 0.6 is 11.3 Å². The number of rotatable bonds is 6. The molecule has 0 aromatic carbocycles. The van der Waals surface area contributed by atoms with Gasteiger partial charge in [-0.2, -0.15) is 0 Å². The molecule has 1 heterocycles. The van der Waals surface area contributed by atoms with Crippen molar-refractivity contribution in [2.45, 2.75) is 46.0 Å². The summed E-state index contributed by atoms with van der Waals surface area (Å²) in [5.74, 6) is 0. The zero-order valence-electron chi connectivity index (χ0n) is 10.4. The van der Waals surface area contributed by atoms with Crippen molar-refractivity contribution in [1.82, 2.24) is 10.3 Å². The number of thiazole rings is 1. The van der Waals surface area contributed by atoms with Crippen LogP contribution in [0.2, 0.25) is 0 Å². The molecule has 16 heavy (non-hydrogen) atoms. The smallest absolute Gasteiger partial charge is 0.0797 e.